The highest BCUT2D eigenvalue weighted by Crippen LogP contribution is 2.35. The van der Waals surface area contributed by atoms with Gasteiger partial charge in [0.25, 0.3) is 0 Å². The Bertz CT molecular complexity index is 551. The Balaban J connectivity index is 1.84. The second-order valence-electron chi connectivity index (χ2n) is 6.53. The summed E-state index contributed by atoms with van der Waals surface area (Å²) in [5, 5.41) is 0. The molecule has 0 aromatic carbocycles. The number of hydrogen-bond donors (Lipinski definition) is 0. The van der Waals surface area contributed by atoms with E-state index in [9.17, 15) is 9.59 Å². The van der Waals surface area contributed by atoms with Crippen LogP contribution in [-0.4, -0.2) is 24.6 Å². The van der Waals surface area contributed by atoms with Crippen LogP contribution in [0.1, 0.15) is 50.6 Å². The lowest BCUT2D eigenvalue weighted by Crippen LogP contribution is -2.36. The van der Waals surface area contributed by atoms with Gasteiger partial charge in [-0.2, -0.15) is 0 Å². The van der Waals surface area contributed by atoms with Crippen molar-refractivity contribution in [1.82, 2.24) is 0 Å². The van der Waals surface area contributed by atoms with Crippen molar-refractivity contribution in [1.29, 1.82) is 0 Å². The topological polar surface area (TPSA) is 65.7 Å². The van der Waals surface area contributed by atoms with Gasteiger partial charge in [-0.25, -0.2) is 9.59 Å². The molecule has 0 N–H and O–H groups in total. The second kappa shape index (κ2) is 7.99. The molecule has 1 aromatic rings. The summed E-state index contributed by atoms with van der Waals surface area (Å²) >= 11 is 3.11. The van der Waals surface area contributed by atoms with E-state index in [0.29, 0.717) is 22.4 Å². The molecule has 1 aromatic heterocycles. The van der Waals surface area contributed by atoms with Gasteiger partial charge in [-0.05, 0) is 58.7 Å². The monoisotopic (exact) mass is 386 g/mol. The molecule has 6 heteroatoms. The lowest BCUT2D eigenvalue weighted by Gasteiger charge is -2.36. The van der Waals surface area contributed by atoms with E-state index in [1.54, 1.807) is 6.07 Å². The molecule has 1 heterocycles. The van der Waals surface area contributed by atoms with Crippen LogP contribution in [0.2, 0.25) is 0 Å². The van der Waals surface area contributed by atoms with Gasteiger partial charge < -0.3 is 13.9 Å². The first-order valence-corrected chi connectivity index (χ1v) is 8.78. The molecule has 0 bridgehead atoms. The Hall–Kier alpha value is -1.30. The summed E-state index contributed by atoms with van der Waals surface area (Å²) in [4.78, 5) is 23.7. The third-order valence-corrected chi connectivity index (χ3v) is 4.77. The Labute approximate surface area is 144 Å². The molecular formula is C17H23BrO5. The summed E-state index contributed by atoms with van der Waals surface area (Å²) in [7, 11) is 0. The molecule has 1 fully saturated rings. The fourth-order valence-corrected chi connectivity index (χ4v) is 3.38. The molecule has 128 valence electrons. The normalized spacial score (nSPS) is 24.5. The molecule has 0 radical (unpaired) electrons. The molecule has 0 aliphatic heterocycles. The zero-order valence-corrected chi connectivity index (χ0v) is 15.3. The molecule has 1 aliphatic rings. The maximum Gasteiger partial charge on any atom is 0.374 e. The predicted molar refractivity (Wildman–Crippen MR) is 87.9 cm³/mol. The van der Waals surface area contributed by atoms with Crippen LogP contribution in [0.15, 0.2) is 21.2 Å². The van der Waals surface area contributed by atoms with Crippen molar-refractivity contribution in [3.8, 4) is 0 Å². The maximum atomic E-state index is 12.0. The lowest BCUT2D eigenvalue weighted by atomic mass is 9.75. The van der Waals surface area contributed by atoms with E-state index in [0.717, 1.165) is 12.8 Å². The largest absolute Gasteiger partial charge is 0.460 e. The number of hydrogen-bond acceptors (Lipinski definition) is 5. The number of halogens is 1. The average molecular weight is 387 g/mol. The van der Waals surface area contributed by atoms with Crippen molar-refractivity contribution in [2.45, 2.75) is 46.1 Å². The third kappa shape index (κ3) is 5.09. The third-order valence-electron chi connectivity index (χ3n) is 4.34. The van der Waals surface area contributed by atoms with Crippen LogP contribution < -0.4 is 0 Å². The minimum Gasteiger partial charge on any atom is -0.460 e. The fraction of sp³-hybridized carbons (Fsp3) is 0.647. The first-order valence-electron chi connectivity index (χ1n) is 7.98. The molecule has 0 saturated heterocycles. The molecule has 3 atom stereocenters. The van der Waals surface area contributed by atoms with Crippen LogP contribution in [0.4, 0.5) is 0 Å². The molecule has 2 rings (SSSR count). The van der Waals surface area contributed by atoms with Gasteiger partial charge in [0.1, 0.15) is 6.10 Å². The lowest BCUT2D eigenvalue weighted by molar-refractivity contribution is -0.159. The van der Waals surface area contributed by atoms with Gasteiger partial charge in [0.2, 0.25) is 5.76 Å². The quantitative estimate of drug-likeness (QED) is 0.709. The van der Waals surface area contributed by atoms with Crippen LogP contribution in [0.5, 0.6) is 0 Å². The van der Waals surface area contributed by atoms with Crippen molar-refractivity contribution in [3.63, 3.8) is 0 Å². The number of carbonyl (C=O) groups excluding carboxylic acids is 2. The number of furan rings is 1. The van der Waals surface area contributed by atoms with Crippen molar-refractivity contribution >= 4 is 27.9 Å². The van der Waals surface area contributed by atoms with Gasteiger partial charge in [0.15, 0.2) is 11.3 Å². The first-order chi connectivity index (χ1) is 10.9. The Morgan fingerprint density at radius 2 is 2.09 bits per heavy atom. The van der Waals surface area contributed by atoms with Crippen molar-refractivity contribution in [2.75, 3.05) is 6.61 Å². The van der Waals surface area contributed by atoms with Crippen molar-refractivity contribution in [3.05, 3.63) is 22.6 Å². The van der Waals surface area contributed by atoms with Crippen LogP contribution in [-0.2, 0) is 14.3 Å². The molecule has 0 spiro atoms. The van der Waals surface area contributed by atoms with E-state index in [2.05, 4.69) is 36.7 Å². The zero-order chi connectivity index (χ0) is 17.0. The highest BCUT2D eigenvalue weighted by Gasteiger charge is 2.33. The van der Waals surface area contributed by atoms with Gasteiger partial charge in [0.05, 0.1) is 0 Å². The molecule has 23 heavy (non-hydrogen) atoms. The molecule has 0 unspecified atom stereocenters. The van der Waals surface area contributed by atoms with Gasteiger partial charge in [0, 0.05) is 0 Å². The molecular weight excluding hydrogens is 364 g/mol. The summed E-state index contributed by atoms with van der Waals surface area (Å²) < 4.78 is 16.0. The van der Waals surface area contributed by atoms with Crippen molar-refractivity contribution in [2.24, 2.45) is 17.8 Å². The van der Waals surface area contributed by atoms with Crippen LogP contribution in [0.25, 0.3) is 0 Å². The van der Waals surface area contributed by atoms with E-state index in [4.69, 9.17) is 13.9 Å². The highest BCUT2D eigenvalue weighted by molar-refractivity contribution is 9.10. The summed E-state index contributed by atoms with van der Waals surface area (Å²) in [5.74, 6) is 0.246. The Morgan fingerprint density at radius 1 is 1.35 bits per heavy atom. The number of esters is 2. The standard InChI is InChI=1S/C17H23BrO5/c1-10(2)12-5-4-11(3)8-14(12)23-16(19)9-21-17(20)13-6-7-15(18)22-13/h6-7,10-12,14H,4-5,8-9H2,1-3H3/t11-,12-,14+/m0/s1. The Morgan fingerprint density at radius 3 is 2.70 bits per heavy atom. The van der Waals surface area contributed by atoms with E-state index in [-0.39, 0.29) is 11.9 Å². The fourth-order valence-electron chi connectivity index (χ4n) is 3.07. The molecule has 1 saturated carbocycles. The smallest absolute Gasteiger partial charge is 0.374 e. The summed E-state index contributed by atoms with van der Waals surface area (Å²) in [6, 6.07) is 3.07. The predicted octanol–water partition coefficient (Wildman–Crippen LogP) is 4.20. The van der Waals surface area contributed by atoms with Crippen molar-refractivity contribution < 1.29 is 23.5 Å². The van der Waals surface area contributed by atoms with Gasteiger partial charge >= 0.3 is 11.9 Å². The van der Waals surface area contributed by atoms with Crippen LogP contribution >= 0.6 is 15.9 Å². The molecule has 1 aliphatic carbocycles. The summed E-state index contributed by atoms with van der Waals surface area (Å²) in [6.07, 6.45) is 3.01. The molecule has 0 amide bonds. The average Bonchev–Trinajstić information content (AvgIpc) is 2.91. The molecule has 5 nitrogen and oxygen atoms in total. The Kier molecular flexibility index (Phi) is 6.27. The minimum absolute atomic E-state index is 0.0519. The number of ether oxygens (including phenoxy) is 2. The van der Waals surface area contributed by atoms with Crippen LogP contribution in [0.3, 0.4) is 0 Å². The highest BCUT2D eigenvalue weighted by atomic mass is 79.9. The SMILES string of the molecule is CC(C)[C@@H]1CC[C@H](C)C[C@H]1OC(=O)COC(=O)c1ccc(Br)o1. The van der Waals surface area contributed by atoms with E-state index in [1.165, 1.54) is 12.5 Å². The van der Waals surface area contributed by atoms with Gasteiger partial charge in [-0.15, -0.1) is 0 Å². The zero-order valence-electron chi connectivity index (χ0n) is 13.7. The first kappa shape index (κ1) is 18.0. The second-order valence-corrected chi connectivity index (χ2v) is 7.32. The van der Waals surface area contributed by atoms with E-state index < -0.39 is 18.5 Å². The summed E-state index contributed by atoms with van der Waals surface area (Å²) in [6.45, 7) is 6.07. The number of carbonyl (C=O) groups is 2. The van der Waals surface area contributed by atoms with E-state index >= 15 is 0 Å². The minimum atomic E-state index is -0.676. The van der Waals surface area contributed by atoms with Crippen LogP contribution in [0, 0.1) is 17.8 Å². The number of rotatable bonds is 5. The van der Waals surface area contributed by atoms with E-state index in [1.807, 2.05) is 0 Å². The summed E-state index contributed by atoms with van der Waals surface area (Å²) in [5.41, 5.74) is 0. The van der Waals surface area contributed by atoms with Gasteiger partial charge in [-0.3, -0.25) is 0 Å². The van der Waals surface area contributed by atoms with Gasteiger partial charge in [-0.1, -0.05) is 27.2 Å². The maximum absolute atomic E-state index is 12.0.